The standard InChI is InChI=1S/C8H6F3IO/c1-4-2-6(12)7(13)3-5(4)8(9,10)11/h2-3,13H,1H3. The molecule has 5 heteroatoms. The third kappa shape index (κ3) is 2.26. The van der Waals surface area contributed by atoms with Crippen molar-refractivity contribution in [1.29, 1.82) is 0 Å². The molecule has 0 aromatic heterocycles. The summed E-state index contributed by atoms with van der Waals surface area (Å²) < 4.78 is 37.2. The molecule has 0 fully saturated rings. The summed E-state index contributed by atoms with van der Waals surface area (Å²) >= 11 is 1.78. The Morgan fingerprint density at radius 2 is 1.85 bits per heavy atom. The van der Waals surface area contributed by atoms with Crippen LogP contribution in [0.15, 0.2) is 12.1 Å². The maximum Gasteiger partial charge on any atom is 0.416 e. The molecule has 0 heterocycles. The first-order valence-electron chi connectivity index (χ1n) is 3.38. The monoisotopic (exact) mass is 302 g/mol. The van der Waals surface area contributed by atoms with Gasteiger partial charge in [-0.05, 0) is 47.2 Å². The first-order valence-corrected chi connectivity index (χ1v) is 4.46. The van der Waals surface area contributed by atoms with E-state index in [4.69, 9.17) is 5.11 Å². The quantitative estimate of drug-likeness (QED) is 0.729. The second-order valence-electron chi connectivity index (χ2n) is 2.62. The fourth-order valence-electron chi connectivity index (χ4n) is 0.967. The highest BCUT2D eigenvalue weighted by Gasteiger charge is 2.33. The number of alkyl halides is 3. The Bertz CT molecular complexity index is 333. The van der Waals surface area contributed by atoms with Crippen molar-refractivity contribution in [2.45, 2.75) is 13.1 Å². The molecule has 0 saturated carbocycles. The SMILES string of the molecule is Cc1cc(I)c(O)cc1C(F)(F)F. The van der Waals surface area contributed by atoms with E-state index in [-0.39, 0.29) is 11.3 Å². The van der Waals surface area contributed by atoms with Gasteiger partial charge in [-0.3, -0.25) is 0 Å². The first kappa shape index (κ1) is 10.6. The van der Waals surface area contributed by atoms with E-state index in [0.29, 0.717) is 3.57 Å². The molecule has 0 radical (unpaired) electrons. The lowest BCUT2D eigenvalue weighted by Gasteiger charge is -2.10. The molecule has 72 valence electrons. The summed E-state index contributed by atoms with van der Waals surface area (Å²) in [7, 11) is 0. The third-order valence-electron chi connectivity index (χ3n) is 1.60. The van der Waals surface area contributed by atoms with Crippen LogP contribution in [0.25, 0.3) is 0 Å². The van der Waals surface area contributed by atoms with Crippen LogP contribution < -0.4 is 0 Å². The zero-order valence-corrected chi connectivity index (χ0v) is 8.77. The molecule has 0 bridgehead atoms. The Balaban J connectivity index is 3.32. The van der Waals surface area contributed by atoms with Gasteiger partial charge in [0.15, 0.2) is 0 Å². The van der Waals surface area contributed by atoms with Crippen LogP contribution in [-0.4, -0.2) is 5.11 Å². The third-order valence-corrected chi connectivity index (χ3v) is 2.46. The van der Waals surface area contributed by atoms with Crippen LogP contribution in [0.2, 0.25) is 0 Å². The molecule has 1 N–H and O–H groups in total. The summed E-state index contributed by atoms with van der Waals surface area (Å²) in [5.74, 6) is -0.335. The summed E-state index contributed by atoms with van der Waals surface area (Å²) in [4.78, 5) is 0. The van der Waals surface area contributed by atoms with Crippen LogP contribution in [-0.2, 0) is 6.18 Å². The number of aryl methyl sites for hydroxylation is 1. The van der Waals surface area contributed by atoms with Gasteiger partial charge in [-0.25, -0.2) is 0 Å². The highest BCUT2D eigenvalue weighted by Crippen LogP contribution is 2.35. The first-order chi connectivity index (χ1) is 5.82. The molecule has 0 amide bonds. The van der Waals surface area contributed by atoms with Gasteiger partial charge >= 0.3 is 6.18 Å². The van der Waals surface area contributed by atoms with Crippen molar-refractivity contribution in [3.05, 3.63) is 26.8 Å². The molecule has 0 unspecified atom stereocenters. The molecular weight excluding hydrogens is 296 g/mol. The van der Waals surface area contributed by atoms with Crippen molar-refractivity contribution < 1.29 is 18.3 Å². The van der Waals surface area contributed by atoms with Crippen molar-refractivity contribution in [2.75, 3.05) is 0 Å². The maximum absolute atomic E-state index is 12.2. The van der Waals surface area contributed by atoms with Gasteiger partial charge in [-0.2, -0.15) is 13.2 Å². The Morgan fingerprint density at radius 3 is 2.31 bits per heavy atom. The minimum atomic E-state index is -4.40. The number of hydrogen-bond acceptors (Lipinski definition) is 1. The van der Waals surface area contributed by atoms with Crippen LogP contribution in [0.4, 0.5) is 13.2 Å². The van der Waals surface area contributed by atoms with Crippen LogP contribution in [0.5, 0.6) is 5.75 Å². The highest BCUT2D eigenvalue weighted by atomic mass is 127. The van der Waals surface area contributed by atoms with Crippen LogP contribution in [0.1, 0.15) is 11.1 Å². The molecule has 1 aromatic carbocycles. The lowest BCUT2D eigenvalue weighted by molar-refractivity contribution is -0.138. The summed E-state index contributed by atoms with van der Waals surface area (Å²) in [5.41, 5.74) is -0.667. The molecule has 0 spiro atoms. The number of halogens is 4. The van der Waals surface area contributed by atoms with Crippen LogP contribution in [0, 0.1) is 10.5 Å². The second-order valence-corrected chi connectivity index (χ2v) is 3.78. The zero-order chi connectivity index (χ0) is 10.2. The molecule has 0 aliphatic heterocycles. The predicted octanol–water partition coefficient (Wildman–Crippen LogP) is 3.32. The van der Waals surface area contributed by atoms with Crippen molar-refractivity contribution in [2.24, 2.45) is 0 Å². The van der Waals surface area contributed by atoms with Crippen molar-refractivity contribution in [1.82, 2.24) is 0 Å². The van der Waals surface area contributed by atoms with Gasteiger partial charge in [0.25, 0.3) is 0 Å². The average molecular weight is 302 g/mol. The zero-order valence-electron chi connectivity index (χ0n) is 6.61. The molecular formula is C8H6F3IO. The highest BCUT2D eigenvalue weighted by molar-refractivity contribution is 14.1. The number of benzene rings is 1. The van der Waals surface area contributed by atoms with Gasteiger partial charge < -0.3 is 5.11 Å². The van der Waals surface area contributed by atoms with E-state index in [1.54, 1.807) is 22.6 Å². The van der Waals surface area contributed by atoms with E-state index in [9.17, 15) is 13.2 Å². The van der Waals surface area contributed by atoms with Gasteiger partial charge in [-0.1, -0.05) is 0 Å². The van der Waals surface area contributed by atoms with E-state index in [2.05, 4.69) is 0 Å². The Labute approximate surface area is 86.7 Å². The van der Waals surface area contributed by atoms with Crippen molar-refractivity contribution in [3.8, 4) is 5.75 Å². The van der Waals surface area contributed by atoms with Crippen molar-refractivity contribution in [3.63, 3.8) is 0 Å². The van der Waals surface area contributed by atoms with E-state index < -0.39 is 11.7 Å². The summed E-state index contributed by atoms with van der Waals surface area (Å²) in [5, 5.41) is 9.08. The summed E-state index contributed by atoms with van der Waals surface area (Å²) in [6.45, 7) is 1.37. The lowest BCUT2D eigenvalue weighted by atomic mass is 10.1. The molecule has 1 nitrogen and oxygen atoms in total. The van der Waals surface area contributed by atoms with Crippen molar-refractivity contribution >= 4 is 22.6 Å². The number of hydrogen-bond donors (Lipinski definition) is 1. The molecule has 0 aliphatic rings. The van der Waals surface area contributed by atoms with E-state index >= 15 is 0 Å². The van der Waals surface area contributed by atoms with Gasteiger partial charge in [0.05, 0.1) is 9.13 Å². The average Bonchev–Trinajstić information content (AvgIpc) is 1.94. The Morgan fingerprint density at radius 1 is 1.31 bits per heavy atom. The van der Waals surface area contributed by atoms with Gasteiger partial charge in [-0.15, -0.1) is 0 Å². The Hall–Kier alpha value is -0.460. The smallest absolute Gasteiger partial charge is 0.416 e. The topological polar surface area (TPSA) is 20.2 Å². The van der Waals surface area contributed by atoms with Gasteiger partial charge in [0.1, 0.15) is 5.75 Å². The Kier molecular flexibility index (Phi) is 2.74. The molecule has 0 atom stereocenters. The van der Waals surface area contributed by atoms with Crippen LogP contribution in [0.3, 0.4) is 0 Å². The summed E-state index contributed by atoms with van der Waals surface area (Å²) in [6.07, 6.45) is -4.40. The number of phenols is 1. The fraction of sp³-hybridized carbons (Fsp3) is 0.250. The second kappa shape index (κ2) is 3.36. The number of phenolic OH excluding ortho intramolecular Hbond substituents is 1. The van der Waals surface area contributed by atoms with E-state index in [1.807, 2.05) is 0 Å². The fourth-order valence-corrected chi connectivity index (χ4v) is 1.59. The van der Waals surface area contributed by atoms with E-state index in [1.165, 1.54) is 13.0 Å². The van der Waals surface area contributed by atoms with E-state index in [0.717, 1.165) is 6.07 Å². The molecule has 0 saturated heterocycles. The lowest BCUT2D eigenvalue weighted by Crippen LogP contribution is -2.07. The minimum absolute atomic E-state index is 0.120. The van der Waals surface area contributed by atoms with Crippen LogP contribution >= 0.6 is 22.6 Å². The minimum Gasteiger partial charge on any atom is -0.507 e. The van der Waals surface area contributed by atoms with Gasteiger partial charge in [0.2, 0.25) is 0 Å². The van der Waals surface area contributed by atoms with Gasteiger partial charge in [0, 0.05) is 0 Å². The molecule has 0 aliphatic carbocycles. The summed E-state index contributed by atoms with van der Waals surface area (Å²) in [6, 6.07) is 2.05. The number of aromatic hydroxyl groups is 1. The number of rotatable bonds is 0. The maximum atomic E-state index is 12.2. The largest absolute Gasteiger partial charge is 0.507 e. The normalized spacial score (nSPS) is 11.8. The molecule has 13 heavy (non-hydrogen) atoms. The molecule has 1 aromatic rings. The molecule has 1 rings (SSSR count). The predicted molar refractivity (Wildman–Crippen MR) is 50.6 cm³/mol.